The normalized spacial score (nSPS) is 28.3. The minimum atomic E-state index is -2.11. The fourth-order valence-electron chi connectivity index (χ4n) is 5.15. The second-order valence-corrected chi connectivity index (χ2v) is 10.7. The standard InChI is InChI=1S/C23H30N2O7/c1-21(2,3)31-18(27)23(19(28)32-22(4,5)6)15-13(10-25-14(15)11-30-20(25)29)12-8-7-9-24-16(12)17(23)26/h7-9,13-15,17,26H,10-11H2,1-6H3/t13-,14+,15-,17?/m0/s1. The molecule has 0 radical (unpaired) electrons. The number of nitrogens with zero attached hydrogens (tertiary/aromatic N) is 2. The number of rotatable bonds is 2. The molecule has 1 aromatic heterocycles. The Bertz CT molecular complexity index is 934. The van der Waals surface area contributed by atoms with Crippen molar-refractivity contribution in [3.8, 4) is 0 Å². The Morgan fingerprint density at radius 1 is 1.16 bits per heavy atom. The molecule has 0 spiro atoms. The van der Waals surface area contributed by atoms with Crippen LogP contribution in [0, 0.1) is 11.3 Å². The number of hydrogen-bond acceptors (Lipinski definition) is 8. The molecule has 1 unspecified atom stereocenters. The van der Waals surface area contributed by atoms with Crippen LogP contribution in [0.25, 0.3) is 0 Å². The highest BCUT2D eigenvalue weighted by Gasteiger charge is 2.72. The predicted octanol–water partition coefficient (Wildman–Crippen LogP) is 2.33. The largest absolute Gasteiger partial charge is 0.459 e. The third kappa shape index (κ3) is 3.34. The first kappa shape index (κ1) is 22.5. The monoisotopic (exact) mass is 446 g/mol. The Labute approximate surface area is 187 Å². The van der Waals surface area contributed by atoms with Crippen molar-refractivity contribution < 1.29 is 33.7 Å². The fourth-order valence-corrected chi connectivity index (χ4v) is 5.15. The number of esters is 2. The molecule has 0 saturated carbocycles. The minimum absolute atomic E-state index is 0.00958. The average Bonchev–Trinajstić information content (AvgIpc) is 3.20. The van der Waals surface area contributed by atoms with Crippen LogP contribution in [0.2, 0.25) is 0 Å². The van der Waals surface area contributed by atoms with Gasteiger partial charge in [0.25, 0.3) is 0 Å². The highest BCUT2D eigenvalue weighted by Crippen LogP contribution is 2.60. The summed E-state index contributed by atoms with van der Waals surface area (Å²) in [5.74, 6) is -3.00. The molecule has 9 heteroatoms. The molecule has 1 aliphatic carbocycles. The topological polar surface area (TPSA) is 115 Å². The first-order valence-corrected chi connectivity index (χ1v) is 10.8. The molecular formula is C23H30N2O7. The summed E-state index contributed by atoms with van der Waals surface area (Å²) in [4.78, 5) is 45.9. The van der Waals surface area contributed by atoms with Crippen molar-refractivity contribution in [1.29, 1.82) is 0 Å². The van der Waals surface area contributed by atoms with Gasteiger partial charge < -0.3 is 24.2 Å². The molecule has 2 saturated heterocycles. The third-order valence-electron chi connectivity index (χ3n) is 6.21. The van der Waals surface area contributed by atoms with Gasteiger partial charge in [0.05, 0.1) is 11.7 Å². The van der Waals surface area contributed by atoms with Gasteiger partial charge in [-0.15, -0.1) is 0 Å². The van der Waals surface area contributed by atoms with Crippen LogP contribution >= 0.6 is 0 Å². The van der Waals surface area contributed by atoms with Gasteiger partial charge in [0.2, 0.25) is 5.41 Å². The minimum Gasteiger partial charge on any atom is -0.459 e. The molecule has 2 fully saturated rings. The van der Waals surface area contributed by atoms with Crippen molar-refractivity contribution in [2.24, 2.45) is 11.3 Å². The lowest BCUT2D eigenvalue weighted by molar-refractivity contribution is -0.205. The van der Waals surface area contributed by atoms with Crippen molar-refractivity contribution in [3.63, 3.8) is 0 Å². The molecule has 3 heterocycles. The number of cyclic esters (lactones) is 1. The maximum atomic E-state index is 13.8. The Hall–Kier alpha value is -2.68. The summed E-state index contributed by atoms with van der Waals surface area (Å²) >= 11 is 0. The fraction of sp³-hybridized carbons (Fsp3) is 0.652. The van der Waals surface area contributed by atoms with Crippen molar-refractivity contribution in [1.82, 2.24) is 9.88 Å². The van der Waals surface area contributed by atoms with Gasteiger partial charge in [-0.2, -0.15) is 0 Å². The van der Waals surface area contributed by atoms with E-state index in [2.05, 4.69) is 4.98 Å². The molecule has 174 valence electrons. The van der Waals surface area contributed by atoms with Crippen LogP contribution in [0.3, 0.4) is 0 Å². The molecule has 2 aliphatic heterocycles. The zero-order chi connectivity index (χ0) is 23.6. The van der Waals surface area contributed by atoms with E-state index in [1.54, 1.807) is 47.6 Å². The van der Waals surface area contributed by atoms with Crippen molar-refractivity contribution in [2.45, 2.75) is 70.8 Å². The van der Waals surface area contributed by atoms with Gasteiger partial charge in [-0.3, -0.25) is 14.6 Å². The summed E-state index contributed by atoms with van der Waals surface area (Å²) < 4.78 is 16.7. The van der Waals surface area contributed by atoms with E-state index in [1.807, 2.05) is 6.07 Å². The van der Waals surface area contributed by atoms with Crippen molar-refractivity contribution in [2.75, 3.05) is 13.2 Å². The molecule has 4 atom stereocenters. The van der Waals surface area contributed by atoms with E-state index >= 15 is 0 Å². The second kappa shape index (κ2) is 7.16. The van der Waals surface area contributed by atoms with E-state index in [0.717, 1.165) is 0 Å². The van der Waals surface area contributed by atoms with E-state index in [9.17, 15) is 19.5 Å². The molecule has 9 nitrogen and oxygen atoms in total. The molecule has 4 rings (SSSR count). The van der Waals surface area contributed by atoms with Gasteiger partial charge in [0.1, 0.15) is 23.9 Å². The zero-order valence-corrected chi connectivity index (χ0v) is 19.2. The Kier molecular flexibility index (Phi) is 5.04. The third-order valence-corrected chi connectivity index (χ3v) is 6.21. The van der Waals surface area contributed by atoms with Crippen LogP contribution < -0.4 is 0 Å². The summed E-state index contributed by atoms with van der Waals surface area (Å²) in [6, 6.07) is 2.96. The van der Waals surface area contributed by atoms with E-state index in [4.69, 9.17) is 14.2 Å². The average molecular weight is 447 g/mol. The smallest absolute Gasteiger partial charge is 0.410 e. The highest BCUT2D eigenvalue weighted by atomic mass is 16.6. The van der Waals surface area contributed by atoms with E-state index in [1.165, 1.54) is 11.1 Å². The number of amides is 1. The summed E-state index contributed by atoms with van der Waals surface area (Å²) in [6.07, 6.45) is -0.617. The molecule has 3 aliphatic rings. The summed E-state index contributed by atoms with van der Waals surface area (Å²) in [5, 5.41) is 11.6. The predicted molar refractivity (Wildman–Crippen MR) is 111 cm³/mol. The molecule has 1 N–H and O–H groups in total. The zero-order valence-electron chi connectivity index (χ0n) is 19.2. The number of fused-ring (bicyclic) bond motifs is 5. The maximum absolute atomic E-state index is 13.8. The molecule has 32 heavy (non-hydrogen) atoms. The van der Waals surface area contributed by atoms with Crippen LogP contribution in [0.1, 0.15) is 64.8 Å². The van der Waals surface area contributed by atoms with Crippen molar-refractivity contribution >= 4 is 18.0 Å². The molecule has 1 amide bonds. The molecule has 1 aromatic rings. The number of aliphatic hydroxyl groups is 1. The molecular weight excluding hydrogens is 416 g/mol. The quantitative estimate of drug-likeness (QED) is 0.418. The van der Waals surface area contributed by atoms with Crippen LogP contribution in [0.4, 0.5) is 4.79 Å². The number of ether oxygens (including phenoxy) is 3. The Balaban J connectivity index is 1.96. The van der Waals surface area contributed by atoms with E-state index < -0.39 is 58.6 Å². The summed E-state index contributed by atoms with van der Waals surface area (Å²) in [5.41, 5.74) is -3.03. The number of aromatic nitrogens is 1. The van der Waals surface area contributed by atoms with Gasteiger partial charge in [-0.25, -0.2) is 4.79 Å². The summed E-state index contributed by atoms with van der Waals surface area (Å²) in [7, 11) is 0. The number of carbonyl (C=O) groups excluding carboxylic acids is 3. The van der Waals surface area contributed by atoms with Crippen LogP contribution in [0.15, 0.2) is 18.3 Å². The number of aliphatic hydroxyl groups excluding tert-OH is 1. The van der Waals surface area contributed by atoms with Crippen LogP contribution in [0.5, 0.6) is 0 Å². The van der Waals surface area contributed by atoms with Gasteiger partial charge in [0, 0.05) is 24.6 Å². The molecule has 0 bridgehead atoms. The van der Waals surface area contributed by atoms with Gasteiger partial charge in [-0.05, 0) is 53.2 Å². The maximum Gasteiger partial charge on any atom is 0.410 e. The summed E-state index contributed by atoms with van der Waals surface area (Å²) in [6.45, 7) is 10.4. The number of pyridine rings is 1. The first-order chi connectivity index (χ1) is 14.8. The Morgan fingerprint density at radius 3 is 2.31 bits per heavy atom. The van der Waals surface area contributed by atoms with Gasteiger partial charge >= 0.3 is 18.0 Å². The lowest BCUT2D eigenvalue weighted by Gasteiger charge is -2.47. The van der Waals surface area contributed by atoms with E-state index in [-0.39, 0.29) is 18.8 Å². The van der Waals surface area contributed by atoms with Gasteiger partial charge in [-0.1, -0.05) is 6.07 Å². The Morgan fingerprint density at radius 2 is 1.75 bits per heavy atom. The van der Waals surface area contributed by atoms with Crippen molar-refractivity contribution in [3.05, 3.63) is 29.6 Å². The molecule has 0 aromatic carbocycles. The van der Waals surface area contributed by atoms with Crippen LogP contribution in [-0.4, -0.2) is 63.4 Å². The van der Waals surface area contributed by atoms with E-state index in [0.29, 0.717) is 5.56 Å². The SMILES string of the molecule is CC(C)(C)OC(=O)C1(C(=O)OC(C)(C)C)C(O)c2ncccc2[C@@H]2CN3C(=O)OC[C@@H]3[C@H]21. The number of hydrogen-bond donors (Lipinski definition) is 1. The second-order valence-electron chi connectivity index (χ2n) is 10.7. The van der Waals surface area contributed by atoms with Crippen LogP contribution in [-0.2, 0) is 23.8 Å². The van der Waals surface area contributed by atoms with Gasteiger partial charge in [0.15, 0.2) is 0 Å². The first-order valence-electron chi connectivity index (χ1n) is 10.8. The number of carbonyl (C=O) groups is 3. The highest BCUT2D eigenvalue weighted by molar-refractivity contribution is 6.02. The lowest BCUT2D eigenvalue weighted by Crippen LogP contribution is -2.60. The lowest BCUT2D eigenvalue weighted by atomic mass is 9.58.